The Hall–Kier alpha value is -3.17. The van der Waals surface area contributed by atoms with E-state index >= 15 is 0 Å². The van der Waals surface area contributed by atoms with Gasteiger partial charge in [0.15, 0.2) is 17.3 Å². The average Bonchev–Trinajstić information content (AvgIpc) is 3.02. The minimum absolute atomic E-state index is 0.0680. The maximum atomic E-state index is 13.9. The number of fused-ring (bicyclic) bond motifs is 1. The number of benzene rings is 1. The van der Waals surface area contributed by atoms with Gasteiger partial charge in [0.1, 0.15) is 0 Å². The fourth-order valence-corrected chi connectivity index (χ4v) is 3.46. The molecule has 2 aliphatic heterocycles. The van der Waals surface area contributed by atoms with E-state index in [1.54, 1.807) is 30.0 Å². The van der Waals surface area contributed by atoms with Gasteiger partial charge in [-0.1, -0.05) is 12.1 Å². The number of nitrogens with zero attached hydrogens (tertiary/aromatic N) is 3. The smallest absolute Gasteiger partial charge is 0.395 e. The van der Waals surface area contributed by atoms with Crippen molar-refractivity contribution in [3.63, 3.8) is 0 Å². The van der Waals surface area contributed by atoms with Crippen molar-refractivity contribution in [2.24, 2.45) is 0 Å². The van der Waals surface area contributed by atoms with Gasteiger partial charge in [0.2, 0.25) is 0 Å². The molecule has 0 radical (unpaired) electrons. The molecular weight excluding hydrogens is 389 g/mol. The standard InChI is InChI=1S/C19H19F3N4O3/c1-12(13-3-2-4-16-17(13)29-19(21,22)28-16)24-18(27)26-9-7-25(8-10-26)15-5-6-23-11-14(15)20/h2-6,11-12H,7-10H2,1H3,(H,24,27). The number of carbonyl (C=O) groups is 1. The van der Waals surface area contributed by atoms with Gasteiger partial charge < -0.3 is 24.6 Å². The van der Waals surface area contributed by atoms with Crippen LogP contribution in [0.2, 0.25) is 0 Å². The third-order valence-electron chi connectivity index (χ3n) is 4.92. The second-order valence-electron chi connectivity index (χ2n) is 6.81. The molecule has 29 heavy (non-hydrogen) atoms. The van der Waals surface area contributed by atoms with Crippen molar-refractivity contribution in [2.45, 2.75) is 19.3 Å². The first-order chi connectivity index (χ1) is 13.8. The van der Waals surface area contributed by atoms with Crippen LogP contribution in [0.3, 0.4) is 0 Å². The van der Waals surface area contributed by atoms with Gasteiger partial charge in [-0.05, 0) is 19.1 Å². The molecule has 10 heteroatoms. The number of hydrogen-bond acceptors (Lipinski definition) is 5. The summed E-state index contributed by atoms with van der Waals surface area (Å²) in [4.78, 5) is 19.8. The highest BCUT2D eigenvalue weighted by Gasteiger charge is 2.45. The summed E-state index contributed by atoms with van der Waals surface area (Å²) in [6.45, 7) is 3.39. The van der Waals surface area contributed by atoms with E-state index in [0.717, 1.165) is 6.20 Å². The number of aromatic nitrogens is 1. The molecule has 3 heterocycles. The number of anilines is 1. The minimum atomic E-state index is -3.72. The molecule has 1 fully saturated rings. The Balaban J connectivity index is 1.38. The summed E-state index contributed by atoms with van der Waals surface area (Å²) in [6.07, 6.45) is -1.04. The Morgan fingerprint density at radius 1 is 1.21 bits per heavy atom. The number of rotatable bonds is 3. The second-order valence-corrected chi connectivity index (χ2v) is 6.81. The molecule has 7 nitrogen and oxygen atoms in total. The number of ether oxygens (including phenoxy) is 2. The predicted octanol–water partition coefficient (Wildman–Crippen LogP) is 3.14. The van der Waals surface area contributed by atoms with Crippen LogP contribution >= 0.6 is 0 Å². The van der Waals surface area contributed by atoms with Gasteiger partial charge in [-0.15, -0.1) is 8.78 Å². The van der Waals surface area contributed by atoms with Crippen LogP contribution in [0.5, 0.6) is 11.5 Å². The highest BCUT2D eigenvalue weighted by molar-refractivity contribution is 5.75. The minimum Gasteiger partial charge on any atom is -0.395 e. The molecule has 2 aliphatic rings. The number of para-hydroxylation sites is 1. The molecule has 1 saturated heterocycles. The molecular formula is C19H19F3N4O3. The third-order valence-corrected chi connectivity index (χ3v) is 4.92. The van der Waals surface area contributed by atoms with Crippen LogP contribution in [-0.4, -0.2) is 48.4 Å². The summed E-state index contributed by atoms with van der Waals surface area (Å²) in [5.41, 5.74) is 0.844. The second kappa shape index (κ2) is 7.34. The molecule has 1 unspecified atom stereocenters. The van der Waals surface area contributed by atoms with Crippen molar-refractivity contribution in [3.8, 4) is 11.5 Å². The molecule has 1 aromatic heterocycles. The number of halogens is 3. The summed E-state index contributed by atoms with van der Waals surface area (Å²) in [6, 6.07) is 5.22. The Labute approximate surface area is 165 Å². The first kappa shape index (κ1) is 19.2. The van der Waals surface area contributed by atoms with Crippen molar-refractivity contribution >= 4 is 11.7 Å². The van der Waals surface area contributed by atoms with Crippen molar-refractivity contribution < 1.29 is 27.4 Å². The normalized spacial score (nSPS) is 18.5. The van der Waals surface area contributed by atoms with Crippen LogP contribution in [0.1, 0.15) is 18.5 Å². The lowest BCUT2D eigenvalue weighted by Gasteiger charge is -2.36. The van der Waals surface area contributed by atoms with Crippen LogP contribution in [0, 0.1) is 5.82 Å². The Bertz CT molecular complexity index is 919. The number of amides is 2. The van der Waals surface area contributed by atoms with Gasteiger partial charge in [0.25, 0.3) is 0 Å². The zero-order valence-corrected chi connectivity index (χ0v) is 15.6. The lowest BCUT2D eigenvalue weighted by molar-refractivity contribution is -0.287. The fourth-order valence-electron chi connectivity index (χ4n) is 3.46. The maximum Gasteiger partial charge on any atom is 0.586 e. The van der Waals surface area contributed by atoms with Crippen LogP contribution in [0.25, 0.3) is 0 Å². The topological polar surface area (TPSA) is 66.9 Å². The zero-order chi connectivity index (χ0) is 20.6. The number of piperazine rings is 1. The molecule has 4 rings (SSSR count). The summed E-state index contributed by atoms with van der Waals surface area (Å²) in [5, 5.41) is 2.79. The van der Waals surface area contributed by atoms with Gasteiger partial charge in [-0.3, -0.25) is 4.98 Å². The molecule has 1 N–H and O–H groups in total. The Morgan fingerprint density at radius 2 is 1.97 bits per heavy atom. The third kappa shape index (κ3) is 3.87. The molecule has 0 spiro atoms. The summed E-state index contributed by atoms with van der Waals surface area (Å²) < 4.78 is 49.6. The van der Waals surface area contributed by atoms with Crippen LogP contribution < -0.4 is 19.7 Å². The number of pyridine rings is 1. The summed E-state index contributed by atoms with van der Waals surface area (Å²) >= 11 is 0. The van der Waals surface area contributed by atoms with Gasteiger partial charge >= 0.3 is 12.3 Å². The maximum absolute atomic E-state index is 13.9. The SMILES string of the molecule is CC(NC(=O)N1CCN(c2ccncc2F)CC1)c1cccc2c1OC(F)(F)O2. The largest absolute Gasteiger partial charge is 0.586 e. The number of nitrogens with one attached hydrogen (secondary N) is 1. The lowest BCUT2D eigenvalue weighted by Crippen LogP contribution is -2.52. The highest BCUT2D eigenvalue weighted by Crippen LogP contribution is 2.45. The van der Waals surface area contributed by atoms with E-state index in [1.807, 2.05) is 4.90 Å². The van der Waals surface area contributed by atoms with Gasteiger partial charge in [0.05, 0.1) is 17.9 Å². The Kier molecular flexibility index (Phi) is 4.85. The number of hydrogen-bond donors (Lipinski definition) is 1. The monoisotopic (exact) mass is 408 g/mol. The van der Waals surface area contributed by atoms with Crippen molar-refractivity contribution in [2.75, 3.05) is 31.1 Å². The molecule has 154 valence electrons. The first-order valence-corrected chi connectivity index (χ1v) is 9.13. The van der Waals surface area contributed by atoms with E-state index in [1.165, 1.54) is 12.3 Å². The Morgan fingerprint density at radius 3 is 2.69 bits per heavy atom. The average molecular weight is 408 g/mol. The van der Waals surface area contributed by atoms with E-state index in [0.29, 0.717) is 37.4 Å². The van der Waals surface area contributed by atoms with Gasteiger partial charge in [-0.2, -0.15) is 0 Å². The van der Waals surface area contributed by atoms with Crippen LogP contribution in [-0.2, 0) is 0 Å². The molecule has 0 saturated carbocycles. The van der Waals surface area contributed by atoms with Crippen molar-refractivity contribution in [1.82, 2.24) is 15.2 Å². The quantitative estimate of drug-likeness (QED) is 0.845. The number of alkyl halides is 2. The van der Waals surface area contributed by atoms with Gasteiger partial charge in [-0.25, -0.2) is 9.18 Å². The van der Waals surface area contributed by atoms with E-state index in [9.17, 15) is 18.0 Å². The lowest BCUT2D eigenvalue weighted by atomic mass is 10.1. The molecule has 2 aromatic rings. The van der Waals surface area contributed by atoms with Crippen molar-refractivity contribution in [3.05, 3.63) is 48.0 Å². The molecule has 2 amide bonds. The molecule has 0 aliphatic carbocycles. The van der Waals surface area contributed by atoms with Crippen molar-refractivity contribution in [1.29, 1.82) is 0 Å². The number of carbonyl (C=O) groups excluding carboxylic acids is 1. The van der Waals surface area contributed by atoms with Crippen LogP contribution in [0.4, 0.5) is 23.7 Å². The first-order valence-electron chi connectivity index (χ1n) is 9.13. The van der Waals surface area contributed by atoms with Gasteiger partial charge in [0, 0.05) is 37.9 Å². The highest BCUT2D eigenvalue weighted by atomic mass is 19.3. The molecule has 1 aromatic carbocycles. The number of urea groups is 1. The molecule has 0 bridgehead atoms. The van der Waals surface area contributed by atoms with E-state index in [2.05, 4.69) is 19.8 Å². The summed E-state index contributed by atoms with van der Waals surface area (Å²) in [7, 11) is 0. The van der Waals surface area contributed by atoms with E-state index < -0.39 is 18.2 Å². The summed E-state index contributed by atoms with van der Waals surface area (Å²) in [5.74, 6) is -0.555. The van der Waals surface area contributed by atoms with E-state index in [4.69, 9.17) is 0 Å². The van der Waals surface area contributed by atoms with E-state index in [-0.39, 0.29) is 17.5 Å². The predicted molar refractivity (Wildman–Crippen MR) is 97.6 cm³/mol. The zero-order valence-electron chi connectivity index (χ0n) is 15.6. The molecule has 1 atom stereocenters. The fraction of sp³-hybridized carbons (Fsp3) is 0.368. The van der Waals surface area contributed by atoms with Crippen LogP contribution in [0.15, 0.2) is 36.7 Å².